The van der Waals surface area contributed by atoms with Gasteiger partial charge in [0.15, 0.2) is 0 Å². The third-order valence-electron chi connectivity index (χ3n) is 3.51. The highest BCUT2D eigenvalue weighted by molar-refractivity contribution is 7.91. The zero-order chi connectivity index (χ0) is 16.1. The van der Waals surface area contributed by atoms with Crippen LogP contribution in [0.4, 0.5) is 0 Å². The summed E-state index contributed by atoms with van der Waals surface area (Å²) in [4.78, 5) is 1.10. The first-order chi connectivity index (χ1) is 9.66. The van der Waals surface area contributed by atoms with Crippen LogP contribution < -0.4 is 10.0 Å². The molecule has 1 aromatic rings. The van der Waals surface area contributed by atoms with E-state index in [1.54, 1.807) is 6.07 Å². The fraction of sp³-hybridized carbons (Fsp3) is 0.733. The first-order valence-electron chi connectivity index (χ1n) is 7.48. The Balaban J connectivity index is 2.66. The lowest BCUT2D eigenvalue weighted by Crippen LogP contribution is -2.41. The molecular weight excluding hydrogens is 304 g/mol. The molecule has 6 heteroatoms. The van der Waals surface area contributed by atoms with Crippen molar-refractivity contribution >= 4 is 21.4 Å². The predicted molar refractivity (Wildman–Crippen MR) is 90.4 cm³/mol. The minimum absolute atomic E-state index is 0.1000. The summed E-state index contributed by atoms with van der Waals surface area (Å²) in [5.41, 5.74) is -0.1000. The minimum atomic E-state index is -3.41. The monoisotopic (exact) mass is 332 g/mol. The molecule has 1 rings (SSSR count). The summed E-state index contributed by atoms with van der Waals surface area (Å²) < 4.78 is 27.9. The molecule has 1 heterocycles. The van der Waals surface area contributed by atoms with E-state index in [1.165, 1.54) is 11.3 Å². The van der Waals surface area contributed by atoms with E-state index in [9.17, 15) is 8.42 Å². The lowest BCUT2D eigenvalue weighted by Gasteiger charge is -2.27. The van der Waals surface area contributed by atoms with Crippen molar-refractivity contribution < 1.29 is 8.42 Å². The van der Waals surface area contributed by atoms with Crippen molar-refractivity contribution in [3.8, 4) is 0 Å². The third-order valence-corrected chi connectivity index (χ3v) is 6.69. The molecule has 0 fully saturated rings. The smallest absolute Gasteiger partial charge is 0.250 e. The van der Waals surface area contributed by atoms with Crippen LogP contribution in [-0.2, 0) is 16.4 Å². The molecule has 0 aliphatic heterocycles. The molecule has 0 saturated heterocycles. The molecule has 0 bridgehead atoms. The van der Waals surface area contributed by atoms with E-state index in [1.807, 2.05) is 33.8 Å². The zero-order valence-electron chi connectivity index (χ0n) is 13.7. The highest BCUT2D eigenvalue weighted by Gasteiger charge is 2.26. The van der Waals surface area contributed by atoms with Crippen molar-refractivity contribution in [1.29, 1.82) is 0 Å². The Morgan fingerprint density at radius 3 is 2.48 bits per heavy atom. The maximum Gasteiger partial charge on any atom is 0.250 e. The lowest BCUT2D eigenvalue weighted by atomic mass is 9.89. The molecule has 21 heavy (non-hydrogen) atoms. The molecule has 4 nitrogen and oxygen atoms in total. The van der Waals surface area contributed by atoms with Crippen molar-refractivity contribution in [3.05, 3.63) is 17.0 Å². The van der Waals surface area contributed by atoms with Crippen LogP contribution in [0.25, 0.3) is 0 Å². The molecule has 2 N–H and O–H groups in total. The molecule has 0 amide bonds. The molecule has 0 aliphatic carbocycles. The Hall–Kier alpha value is -0.430. The van der Waals surface area contributed by atoms with E-state index in [0.29, 0.717) is 4.21 Å². The van der Waals surface area contributed by atoms with Gasteiger partial charge in [0, 0.05) is 10.9 Å². The van der Waals surface area contributed by atoms with E-state index in [0.717, 1.165) is 30.8 Å². The van der Waals surface area contributed by atoms with Crippen molar-refractivity contribution in [2.75, 3.05) is 13.1 Å². The molecule has 0 saturated carbocycles. The maximum atomic E-state index is 12.4. The molecular formula is C15H28N2O2S2. The third kappa shape index (κ3) is 6.06. The molecule has 0 spiro atoms. The minimum Gasteiger partial charge on any atom is -0.316 e. The fourth-order valence-corrected chi connectivity index (χ4v) is 4.44. The first kappa shape index (κ1) is 18.6. The quantitative estimate of drug-likeness (QED) is 0.720. The average Bonchev–Trinajstić information content (AvgIpc) is 2.82. The van der Waals surface area contributed by atoms with Crippen LogP contribution in [0.1, 0.15) is 45.9 Å². The average molecular weight is 333 g/mol. The second-order valence-electron chi connectivity index (χ2n) is 6.43. The summed E-state index contributed by atoms with van der Waals surface area (Å²) in [5, 5.41) is 3.33. The van der Waals surface area contributed by atoms with Gasteiger partial charge in [-0.05, 0) is 50.4 Å². The normalized spacial score (nSPS) is 14.3. The number of nitrogens with one attached hydrogen (secondary N) is 2. The number of rotatable bonds is 8. The van der Waals surface area contributed by atoms with Crippen LogP contribution in [0.5, 0.6) is 0 Å². The fourth-order valence-electron chi connectivity index (χ4n) is 1.62. The molecule has 0 radical (unpaired) electrons. The van der Waals surface area contributed by atoms with Crippen molar-refractivity contribution in [2.45, 2.75) is 57.7 Å². The van der Waals surface area contributed by atoms with Gasteiger partial charge in [0.1, 0.15) is 4.21 Å². The lowest BCUT2D eigenvalue weighted by molar-refractivity contribution is 0.318. The van der Waals surface area contributed by atoms with Crippen molar-refractivity contribution in [1.82, 2.24) is 10.0 Å². The van der Waals surface area contributed by atoms with Gasteiger partial charge < -0.3 is 5.32 Å². The van der Waals surface area contributed by atoms with Crippen LogP contribution in [0.2, 0.25) is 0 Å². The molecule has 1 unspecified atom stereocenters. The van der Waals surface area contributed by atoms with Gasteiger partial charge in [-0.2, -0.15) is 0 Å². The Bertz CT molecular complexity index is 530. The topological polar surface area (TPSA) is 58.2 Å². The molecule has 0 aliphatic rings. The summed E-state index contributed by atoms with van der Waals surface area (Å²) in [5.74, 6) is 0. The van der Waals surface area contributed by atoms with Crippen LogP contribution >= 0.6 is 11.3 Å². The van der Waals surface area contributed by atoms with Crippen LogP contribution in [0, 0.1) is 5.41 Å². The van der Waals surface area contributed by atoms with E-state index >= 15 is 0 Å². The Morgan fingerprint density at radius 2 is 1.90 bits per heavy atom. The number of thiophene rings is 1. The first-order valence-corrected chi connectivity index (χ1v) is 9.78. The van der Waals surface area contributed by atoms with Crippen LogP contribution in [0.15, 0.2) is 16.3 Å². The standard InChI is InChI=1S/C15H28N2O2S2/c1-6-10-16-11-9-13-7-8-14(20-13)21(18,19)17-12(2)15(3,4)5/h7-8,12,16-17H,6,9-11H2,1-5H3. The highest BCUT2D eigenvalue weighted by atomic mass is 32.2. The highest BCUT2D eigenvalue weighted by Crippen LogP contribution is 2.25. The predicted octanol–water partition coefficient (Wildman–Crippen LogP) is 3.00. The molecule has 1 aromatic heterocycles. The van der Waals surface area contributed by atoms with Gasteiger partial charge in [-0.25, -0.2) is 13.1 Å². The van der Waals surface area contributed by atoms with E-state index in [-0.39, 0.29) is 11.5 Å². The summed E-state index contributed by atoms with van der Waals surface area (Å²) in [6.45, 7) is 12.0. The number of hydrogen-bond acceptors (Lipinski definition) is 4. The second-order valence-corrected chi connectivity index (χ2v) is 9.54. The van der Waals surface area contributed by atoms with Gasteiger partial charge in [-0.3, -0.25) is 0 Å². The second kappa shape index (κ2) is 7.72. The van der Waals surface area contributed by atoms with Gasteiger partial charge >= 0.3 is 0 Å². The Morgan fingerprint density at radius 1 is 1.24 bits per heavy atom. The summed E-state index contributed by atoms with van der Waals surface area (Å²) in [7, 11) is -3.41. The van der Waals surface area contributed by atoms with Gasteiger partial charge in [0.2, 0.25) is 10.0 Å². The van der Waals surface area contributed by atoms with Crippen LogP contribution in [-0.4, -0.2) is 27.5 Å². The zero-order valence-corrected chi connectivity index (χ0v) is 15.3. The Labute approximate surface area is 133 Å². The van der Waals surface area contributed by atoms with E-state index in [2.05, 4.69) is 17.0 Å². The van der Waals surface area contributed by atoms with E-state index < -0.39 is 10.0 Å². The van der Waals surface area contributed by atoms with Gasteiger partial charge in [0.25, 0.3) is 0 Å². The van der Waals surface area contributed by atoms with Gasteiger partial charge in [0.05, 0.1) is 0 Å². The summed E-state index contributed by atoms with van der Waals surface area (Å²) >= 11 is 1.36. The molecule has 122 valence electrons. The van der Waals surface area contributed by atoms with Gasteiger partial charge in [-0.15, -0.1) is 11.3 Å². The number of sulfonamides is 1. The largest absolute Gasteiger partial charge is 0.316 e. The van der Waals surface area contributed by atoms with Gasteiger partial charge in [-0.1, -0.05) is 27.7 Å². The summed E-state index contributed by atoms with van der Waals surface area (Å²) in [6.07, 6.45) is 1.98. The van der Waals surface area contributed by atoms with Crippen molar-refractivity contribution in [3.63, 3.8) is 0 Å². The summed E-state index contributed by atoms with van der Waals surface area (Å²) in [6, 6.07) is 3.51. The SMILES string of the molecule is CCCNCCc1ccc(S(=O)(=O)NC(C)C(C)(C)C)s1. The van der Waals surface area contributed by atoms with Crippen molar-refractivity contribution in [2.24, 2.45) is 5.41 Å². The molecule has 0 aromatic carbocycles. The maximum absolute atomic E-state index is 12.4. The number of hydrogen-bond donors (Lipinski definition) is 2. The molecule has 1 atom stereocenters. The Kier molecular flexibility index (Phi) is 6.84. The van der Waals surface area contributed by atoms with E-state index in [4.69, 9.17) is 0 Å². The van der Waals surface area contributed by atoms with Crippen LogP contribution in [0.3, 0.4) is 0 Å².